The molecule has 0 amide bonds. The van der Waals surface area contributed by atoms with Gasteiger partial charge in [-0.1, -0.05) is 78.1 Å². The number of nitrogen functional groups attached to an aromatic ring is 1. The maximum Gasteiger partial charge on any atom is 0.221 e. The second kappa shape index (κ2) is 11.4. The monoisotopic (exact) mass is 369 g/mol. The van der Waals surface area contributed by atoms with Crippen molar-refractivity contribution in [2.45, 2.75) is 96.9 Å². The number of fused-ring (bicyclic) bond motifs is 1. The Morgan fingerprint density at radius 3 is 1.93 bits per heavy atom. The van der Waals surface area contributed by atoms with Gasteiger partial charge >= 0.3 is 0 Å². The van der Waals surface area contributed by atoms with E-state index in [4.69, 9.17) is 10.7 Å². The summed E-state index contributed by atoms with van der Waals surface area (Å²) in [5, 5.41) is 0. The average molecular weight is 369 g/mol. The van der Waals surface area contributed by atoms with Crippen LogP contribution in [0.15, 0.2) is 0 Å². The fourth-order valence-electron chi connectivity index (χ4n) is 4.05. The second-order valence-electron chi connectivity index (χ2n) is 7.93. The predicted molar refractivity (Wildman–Crippen MR) is 122 cm³/mol. The molecule has 0 aromatic carbocycles. The lowest BCUT2D eigenvalue weighted by molar-refractivity contribution is 0.406. The van der Waals surface area contributed by atoms with Gasteiger partial charge in [0.25, 0.3) is 0 Å². The molecule has 2 aromatic heterocycles. The minimum Gasteiger partial charge on any atom is -0.368 e. The third kappa shape index (κ3) is 6.25. The lowest BCUT2D eigenvalue weighted by atomic mass is 9.98. The molecular formula is C20H37B2N5. The Morgan fingerprint density at radius 2 is 1.37 bits per heavy atom. The molecule has 0 atom stereocenters. The van der Waals surface area contributed by atoms with E-state index in [1.54, 1.807) is 0 Å². The van der Waals surface area contributed by atoms with E-state index in [-0.39, 0.29) is 0 Å². The molecule has 0 aliphatic rings. The van der Waals surface area contributed by atoms with Crippen molar-refractivity contribution in [2.24, 2.45) is 0 Å². The third-order valence-corrected chi connectivity index (χ3v) is 5.55. The molecule has 0 unspecified atom stereocenters. The maximum absolute atomic E-state index is 5.95. The van der Waals surface area contributed by atoms with Crippen LogP contribution in [0, 0.1) is 0 Å². The van der Waals surface area contributed by atoms with Gasteiger partial charge in [-0.25, -0.2) is 9.97 Å². The topological polar surface area (TPSA) is 69.6 Å². The molecule has 2 rings (SSSR count). The number of nitrogens with zero attached hydrogens (tertiary/aromatic N) is 4. The highest BCUT2D eigenvalue weighted by Gasteiger charge is 2.19. The van der Waals surface area contributed by atoms with Gasteiger partial charge in [0.2, 0.25) is 5.95 Å². The molecule has 148 valence electrons. The molecule has 0 fully saturated rings. The highest BCUT2D eigenvalue weighted by Crippen LogP contribution is 2.25. The van der Waals surface area contributed by atoms with Crippen LogP contribution in [0.5, 0.6) is 0 Å². The Hall–Kier alpha value is -1.52. The van der Waals surface area contributed by atoms with Crippen LogP contribution in [0.25, 0.3) is 11.2 Å². The minimum absolute atomic E-state index is 0.353. The van der Waals surface area contributed by atoms with Crippen molar-refractivity contribution in [3.05, 3.63) is 0 Å². The molecule has 2 aromatic rings. The zero-order chi connectivity index (χ0) is 19.6. The molecular weight excluding hydrogens is 332 g/mol. The van der Waals surface area contributed by atoms with E-state index in [0.717, 1.165) is 22.5 Å². The summed E-state index contributed by atoms with van der Waals surface area (Å²) in [5.41, 5.74) is 9.70. The molecule has 7 heteroatoms. The van der Waals surface area contributed by atoms with Crippen molar-refractivity contribution >= 4 is 44.1 Å². The molecule has 27 heavy (non-hydrogen) atoms. The molecule has 0 spiro atoms. The minimum atomic E-state index is 0.353. The van der Waals surface area contributed by atoms with Crippen molar-refractivity contribution in [1.82, 2.24) is 19.5 Å². The van der Waals surface area contributed by atoms with Crippen LogP contribution in [0.3, 0.4) is 0 Å². The fraction of sp³-hybridized carbons (Fsp3) is 0.750. The molecule has 0 saturated carbocycles. The van der Waals surface area contributed by atoms with Crippen molar-refractivity contribution in [1.29, 1.82) is 0 Å². The first-order chi connectivity index (χ1) is 13.1. The number of hydrogen-bond acceptors (Lipinski definition) is 4. The molecule has 0 bridgehead atoms. The molecule has 2 heterocycles. The quantitative estimate of drug-likeness (QED) is 0.434. The Morgan fingerprint density at radius 1 is 0.815 bits per heavy atom. The van der Waals surface area contributed by atoms with Crippen LogP contribution >= 0.6 is 0 Å². The summed E-state index contributed by atoms with van der Waals surface area (Å²) in [5.74, 6) is 0.353. The van der Waals surface area contributed by atoms with Crippen molar-refractivity contribution < 1.29 is 0 Å². The van der Waals surface area contributed by atoms with E-state index in [2.05, 4.69) is 36.2 Å². The highest BCUT2D eigenvalue weighted by molar-refractivity contribution is 6.37. The lowest BCUT2D eigenvalue weighted by Gasteiger charge is -2.21. The highest BCUT2D eigenvalue weighted by atomic mass is 15.2. The van der Waals surface area contributed by atoms with Gasteiger partial charge in [0.15, 0.2) is 21.3 Å². The van der Waals surface area contributed by atoms with Gasteiger partial charge in [0, 0.05) is 11.6 Å². The summed E-state index contributed by atoms with van der Waals surface area (Å²) in [6, 6.07) is 0.465. The SMILES string of the molecule is Bc1nc(N)nc2c1nc(B)n2C(CCCCCCC)CCCCCCC. The first-order valence-corrected chi connectivity index (χ1v) is 11.1. The largest absolute Gasteiger partial charge is 0.368 e. The smallest absolute Gasteiger partial charge is 0.221 e. The van der Waals surface area contributed by atoms with Crippen molar-refractivity contribution in [3.63, 3.8) is 0 Å². The summed E-state index contributed by atoms with van der Waals surface area (Å²) in [4.78, 5) is 13.6. The van der Waals surface area contributed by atoms with Gasteiger partial charge in [-0.05, 0) is 12.8 Å². The van der Waals surface area contributed by atoms with Gasteiger partial charge in [0.05, 0.1) is 5.72 Å². The summed E-state index contributed by atoms with van der Waals surface area (Å²) in [7, 11) is 4.07. The molecule has 2 N–H and O–H groups in total. The normalized spacial score (nSPS) is 11.7. The second-order valence-corrected chi connectivity index (χ2v) is 7.93. The van der Waals surface area contributed by atoms with E-state index in [9.17, 15) is 0 Å². The van der Waals surface area contributed by atoms with E-state index in [1.165, 1.54) is 77.0 Å². The van der Waals surface area contributed by atoms with E-state index in [0.29, 0.717) is 12.0 Å². The number of aromatic nitrogens is 4. The fourth-order valence-corrected chi connectivity index (χ4v) is 4.05. The Bertz CT molecular complexity index is 687. The standard InChI is InChI=1S/C20H37B2N5/c1-3-5-7-9-11-13-15(14-12-10-8-6-4-2)27-18-16(24-19(27)22)17(21)25-20(23)26-18/h15H,3-14,21-22H2,1-2H3,(H2,23,25,26). The van der Waals surface area contributed by atoms with E-state index in [1.807, 2.05) is 7.85 Å². The van der Waals surface area contributed by atoms with Crippen LogP contribution in [0.2, 0.25) is 0 Å². The summed E-state index contributed by atoms with van der Waals surface area (Å²) in [6.07, 6.45) is 15.6. The zero-order valence-corrected chi connectivity index (χ0v) is 17.9. The number of imidazole rings is 1. The summed E-state index contributed by atoms with van der Waals surface area (Å²) >= 11 is 0. The molecule has 0 radical (unpaired) electrons. The zero-order valence-electron chi connectivity index (χ0n) is 17.9. The maximum atomic E-state index is 5.95. The van der Waals surface area contributed by atoms with Gasteiger partial charge in [-0.3, -0.25) is 0 Å². The number of unbranched alkanes of at least 4 members (excludes halogenated alkanes) is 8. The average Bonchev–Trinajstić information content (AvgIpc) is 2.96. The molecule has 0 saturated heterocycles. The molecule has 0 aliphatic carbocycles. The van der Waals surface area contributed by atoms with Gasteiger partial charge in [-0.15, -0.1) is 0 Å². The molecule has 5 nitrogen and oxygen atoms in total. The number of rotatable bonds is 13. The van der Waals surface area contributed by atoms with Crippen molar-refractivity contribution in [2.75, 3.05) is 5.73 Å². The number of nitrogens with two attached hydrogens (primary N) is 1. The first-order valence-electron chi connectivity index (χ1n) is 11.1. The van der Waals surface area contributed by atoms with Crippen molar-refractivity contribution in [3.8, 4) is 0 Å². The van der Waals surface area contributed by atoms with Gasteiger partial charge in [0.1, 0.15) is 5.52 Å². The third-order valence-electron chi connectivity index (χ3n) is 5.55. The van der Waals surface area contributed by atoms with Crippen LogP contribution in [0.4, 0.5) is 5.95 Å². The summed E-state index contributed by atoms with van der Waals surface area (Å²) in [6.45, 7) is 4.54. The van der Waals surface area contributed by atoms with Crippen LogP contribution in [-0.2, 0) is 0 Å². The predicted octanol–water partition coefficient (Wildman–Crippen LogP) is 2.19. The number of anilines is 1. The lowest BCUT2D eigenvalue weighted by Crippen LogP contribution is -2.24. The Balaban J connectivity index is 2.15. The van der Waals surface area contributed by atoms with Crippen LogP contribution < -0.4 is 17.1 Å². The van der Waals surface area contributed by atoms with Crippen LogP contribution in [0.1, 0.15) is 96.9 Å². The van der Waals surface area contributed by atoms with Gasteiger partial charge < -0.3 is 10.3 Å². The Kier molecular flexibility index (Phi) is 9.16. The first kappa shape index (κ1) is 21.8. The Labute approximate surface area is 166 Å². The summed E-state index contributed by atoms with van der Waals surface area (Å²) < 4.78 is 2.35. The van der Waals surface area contributed by atoms with E-state index >= 15 is 0 Å². The molecule has 0 aliphatic heterocycles. The van der Waals surface area contributed by atoms with E-state index < -0.39 is 0 Å². The van der Waals surface area contributed by atoms with Gasteiger partial charge in [-0.2, -0.15) is 4.98 Å². The number of hydrogen-bond donors (Lipinski definition) is 1. The van der Waals surface area contributed by atoms with Crippen LogP contribution in [-0.4, -0.2) is 35.2 Å².